The molecule has 16 heavy (non-hydrogen) atoms. The van der Waals surface area contributed by atoms with E-state index in [4.69, 9.17) is 5.73 Å². The largest absolute Gasteiger partial charge is 0.345 e. The van der Waals surface area contributed by atoms with Gasteiger partial charge in [0.05, 0.1) is 5.41 Å². The van der Waals surface area contributed by atoms with E-state index in [1.807, 2.05) is 11.9 Å². The number of hydrogen-bond donors (Lipinski definition) is 1. The van der Waals surface area contributed by atoms with Crippen molar-refractivity contribution in [1.82, 2.24) is 4.90 Å². The van der Waals surface area contributed by atoms with Crippen LogP contribution in [-0.4, -0.2) is 30.9 Å². The molecule has 0 atom stereocenters. The van der Waals surface area contributed by atoms with Gasteiger partial charge in [0.2, 0.25) is 5.91 Å². The van der Waals surface area contributed by atoms with Crippen LogP contribution in [0.1, 0.15) is 39.5 Å². The fraction of sp³-hybridized carbons (Fsp3) is 0.917. The number of nitrogens with two attached hydrogens (primary N) is 1. The smallest absolute Gasteiger partial charge is 0.229 e. The van der Waals surface area contributed by atoms with Gasteiger partial charge in [0.25, 0.3) is 0 Å². The maximum Gasteiger partial charge on any atom is 0.229 e. The molecule has 0 heterocycles. The molecule has 96 valence electrons. The summed E-state index contributed by atoms with van der Waals surface area (Å²) in [5.41, 5.74) is 5.45. The predicted octanol–water partition coefficient (Wildman–Crippen LogP) is 2.04. The van der Waals surface area contributed by atoms with Crippen LogP contribution < -0.4 is 5.73 Å². The van der Waals surface area contributed by atoms with Crippen LogP contribution in [0.2, 0.25) is 0 Å². The van der Waals surface area contributed by atoms with Gasteiger partial charge in [0, 0.05) is 20.1 Å². The van der Waals surface area contributed by atoms with Crippen LogP contribution >= 0.6 is 12.4 Å². The highest BCUT2D eigenvalue weighted by atomic mass is 35.5. The molecule has 1 aliphatic rings. The second-order valence-corrected chi connectivity index (χ2v) is 4.82. The molecule has 1 saturated carbocycles. The number of carbonyl (C=O) groups excluding carboxylic acids is 1. The number of halogens is 1. The van der Waals surface area contributed by atoms with Gasteiger partial charge in [0.1, 0.15) is 0 Å². The molecule has 0 aliphatic heterocycles. The number of rotatable bonds is 6. The van der Waals surface area contributed by atoms with Gasteiger partial charge in [-0.3, -0.25) is 4.79 Å². The van der Waals surface area contributed by atoms with Crippen LogP contribution in [0.25, 0.3) is 0 Å². The third-order valence-corrected chi connectivity index (χ3v) is 3.77. The highest BCUT2D eigenvalue weighted by Crippen LogP contribution is 2.32. The van der Waals surface area contributed by atoms with Crippen molar-refractivity contribution in [2.24, 2.45) is 17.1 Å². The van der Waals surface area contributed by atoms with Gasteiger partial charge in [0.15, 0.2) is 0 Å². The molecule has 3 nitrogen and oxygen atoms in total. The van der Waals surface area contributed by atoms with E-state index < -0.39 is 0 Å². The first-order valence-corrected chi connectivity index (χ1v) is 6.05. The lowest BCUT2D eigenvalue weighted by Gasteiger charge is -2.33. The summed E-state index contributed by atoms with van der Waals surface area (Å²) in [5, 5.41) is 0. The minimum Gasteiger partial charge on any atom is -0.345 e. The second kappa shape index (κ2) is 6.45. The molecule has 0 aromatic heterocycles. The molecule has 0 saturated heterocycles. The maximum absolute atomic E-state index is 12.3. The molecule has 4 heteroatoms. The normalized spacial score (nSPS) is 15.5. The van der Waals surface area contributed by atoms with Gasteiger partial charge in [-0.1, -0.05) is 13.8 Å². The van der Waals surface area contributed by atoms with Gasteiger partial charge in [-0.2, -0.15) is 0 Å². The minimum absolute atomic E-state index is 0. The molecule has 1 aliphatic carbocycles. The molecule has 0 aromatic carbocycles. The first-order valence-electron chi connectivity index (χ1n) is 6.05. The van der Waals surface area contributed by atoms with E-state index >= 15 is 0 Å². The van der Waals surface area contributed by atoms with Gasteiger partial charge in [-0.15, -0.1) is 12.4 Å². The number of amides is 1. The first kappa shape index (κ1) is 15.7. The zero-order valence-electron chi connectivity index (χ0n) is 10.7. The average molecular weight is 249 g/mol. The Bertz CT molecular complexity index is 217. The number of nitrogens with zero attached hydrogens (tertiary/aromatic N) is 1. The summed E-state index contributed by atoms with van der Waals surface area (Å²) in [6.07, 6.45) is 4.25. The van der Waals surface area contributed by atoms with Crippen molar-refractivity contribution < 1.29 is 4.79 Å². The van der Waals surface area contributed by atoms with Crippen LogP contribution in [-0.2, 0) is 4.79 Å². The van der Waals surface area contributed by atoms with Crippen LogP contribution in [0.4, 0.5) is 0 Å². The van der Waals surface area contributed by atoms with Crippen LogP contribution in [0.3, 0.4) is 0 Å². The number of carbonyl (C=O) groups is 1. The summed E-state index contributed by atoms with van der Waals surface area (Å²) >= 11 is 0. The lowest BCUT2D eigenvalue weighted by Crippen LogP contribution is -2.46. The minimum atomic E-state index is -0.316. The molecular formula is C12H25ClN2O. The van der Waals surface area contributed by atoms with E-state index in [9.17, 15) is 4.79 Å². The molecule has 0 spiro atoms. The SMILES string of the molecule is CCC(CC)(CN)C(=O)N(C)CC1CC1.Cl. The van der Waals surface area contributed by atoms with E-state index in [0.717, 1.165) is 25.3 Å². The highest BCUT2D eigenvalue weighted by Gasteiger charge is 2.37. The summed E-state index contributed by atoms with van der Waals surface area (Å²) in [6, 6.07) is 0. The lowest BCUT2D eigenvalue weighted by molar-refractivity contribution is -0.141. The monoisotopic (exact) mass is 248 g/mol. The lowest BCUT2D eigenvalue weighted by atomic mass is 9.81. The first-order chi connectivity index (χ1) is 7.09. The Labute approximate surface area is 105 Å². The van der Waals surface area contributed by atoms with E-state index in [-0.39, 0.29) is 23.7 Å². The van der Waals surface area contributed by atoms with Crippen molar-refractivity contribution in [3.05, 3.63) is 0 Å². The van der Waals surface area contributed by atoms with Crippen LogP contribution in [0, 0.1) is 11.3 Å². The average Bonchev–Trinajstić information content (AvgIpc) is 3.05. The zero-order chi connectivity index (χ0) is 11.5. The van der Waals surface area contributed by atoms with E-state index in [1.54, 1.807) is 0 Å². The van der Waals surface area contributed by atoms with Crippen molar-refractivity contribution in [1.29, 1.82) is 0 Å². The van der Waals surface area contributed by atoms with Crippen molar-refractivity contribution in [3.8, 4) is 0 Å². The second-order valence-electron chi connectivity index (χ2n) is 4.82. The third-order valence-electron chi connectivity index (χ3n) is 3.77. The van der Waals surface area contributed by atoms with Crippen molar-refractivity contribution in [3.63, 3.8) is 0 Å². The molecule has 0 bridgehead atoms. The molecule has 1 fully saturated rings. The summed E-state index contributed by atoms with van der Waals surface area (Å²) in [6.45, 7) is 5.49. The van der Waals surface area contributed by atoms with Crippen LogP contribution in [0.15, 0.2) is 0 Å². The van der Waals surface area contributed by atoms with E-state index in [0.29, 0.717) is 6.54 Å². The van der Waals surface area contributed by atoms with Gasteiger partial charge < -0.3 is 10.6 Å². The Morgan fingerprint density at radius 2 is 1.88 bits per heavy atom. The Morgan fingerprint density at radius 1 is 1.38 bits per heavy atom. The van der Waals surface area contributed by atoms with Gasteiger partial charge in [-0.05, 0) is 31.6 Å². The molecule has 1 rings (SSSR count). The number of hydrogen-bond acceptors (Lipinski definition) is 2. The highest BCUT2D eigenvalue weighted by molar-refractivity contribution is 5.85. The van der Waals surface area contributed by atoms with Gasteiger partial charge in [-0.25, -0.2) is 0 Å². The molecule has 0 radical (unpaired) electrons. The molecule has 2 N–H and O–H groups in total. The molecular weight excluding hydrogens is 224 g/mol. The fourth-order valence-corrected chi connectivity index (χ4v) is 2.10. The zero-order valence-corrected chi connectivity index (χ0v) is 11.5. The maximum atomic E-state index is 12.3. The van der Waals surface area contributed by atoms with E-state index in [2.05, 4.69) is 13.8 Å². The van der Waals surface area contributed by atoms with Gasteiger partial charge >= 0.3 is 0 Å². The molecule has 1 amide bonds. The Morgan fingerprint density at radius 3 is 2.19 bits per heavy atom. The Balaban J connectivity index is 0.00000225. The van der Waals surface area contributed by atoms with Crippen molar-refractivity contribution in [2.45, 2.75) is 39.5 Å². The molecule has 0 aromatic rings. The predicted molar refractivity (Wildman–Crippen MR) is 69.7 cm³/mol. The molecule has 0 unspecified atom stereocenters. The quantitative estimate of drug-likeness (QED) is 0.782. The standard InChI is InChI=1S/C12H24N2O.ClH/c1-4-12(5-2,9-13)11(15)14(3)8-10-6-7-10;/h10H,4-9,13H2,1-3H3;1H. The Kier molecular flexibility index (Phi) is 6.34. The summed E-state index contributed by atoms with van der Waals surface area (Å²) < 4.78 is 0. The topological polar surface area (TPSA) is 46.3 Å². The Hall–Kier alpha value is -0.280. The summed E-state index contributed by atoms with van der Waals surface area (Å²) in [7, 11) is 1.91. The van der Waals surface area contributed by atoms with E-state index in [1.165, 1.54) is 12.8 Å². The van der Waals surface area contributed by atoms with Crippen molar-refractivity contribution >= 4 is 18.3 Å². The summed E-state index contributed by atoms with van der Waals surface area (Å²) in [5.74, 6) is 0.991. The fourth-order valence-electron chi connectivity index (χ4n) is 2.10. The summed E-state index contributed by atoms with van der Waals surface area (Å²) in [4.78, 5) is 14.2. The van der Waals surface area contributed by atoms with Crippen LogP contribution in [0.5, 0.6) is 0 Å². The third kappa shape index (κ3) is 3.36. The van der Waals surface area contributed by atoms with Crippen molar-refractivity contribution in [2.75, 3.05) is 20.1 Å².